The number of rotatable bonds is 7. The number of anilines is 1. The summed E-state index contributed by atoms with van der Waals surface area (Å²) in [7, 11) is 1.66. The lowest BCUT2D eigenvalue weighted by molar-refractivity contribution is 0.205. The molecule has 6 nitrogen and oxygen atoms in total. The lowest BCUT2D eigenvalue weighted by atomic mass is 10.3. The Balaban J connectivity index is 2.74. The van der Waals surface area contributed by atoms with Gasteiger partial charge in [-0.15, -0.1) is 0 Å². The van der Waals surface area contributed by atoms with Crippen LogP contribution in [-0.4, -0.2) is 42.8 Å². The molecule has 100 valence electrons. The van der Waals surface area contributed by atoms with Crippen LogP contribution in [0.25, 0.3) is 0 Å². The molecule has 0 aliphatic rings. The summed E-state index contributed by atoms with van der Waals surface area (Å²) in [4.78, 5) is 6.12. The van der Waals surface area contributed by atoms with Crippen molar-refractivity contribution in [3.8, 4) is 0 Å². The van der Waals surface area contributed by atoms with Crippen LogP contribution >= 0.6 is 15.9 Å². The fraction of sp³-hybridized carbons (Fsp3) is 0.455. The van der Waals surface area contributed by atoms with Crippen molar-refractivity contribution < 1.29 is 9.94 Å². The summed E-state index contributed by atoms with van der Waals surface area (Å²) in [5.74, 6) is 0.211. The average Bonchev–Trinajstić information content (AvgIpc) is 2.39. The van der Waals surface area contributed by atoms with E-state index in [0.717, 1.165) is 16.7 Å². The zero-order valence-corrected chi connectivity index (χ0v) is 11.8. The van der Waals surface area contributed by atoms with Gasteiger partial charge in [0, 0.05) is 39.0 Å². The monoisotopic (exact) mass is 316 g/mol. The Bertz CT molecular complexity index is 400. The van der Waals surface area contributed by atoms with Crippen molar-refractivity contribution in [1.29, 1.82) is 0 Å². The number of nitrogens with two attached hydrogens (primary N) is 1. The number of hydrogen-bond acceptors (Lipinski definition) is 5. The smallest absolute Gasteiger partial charge is 0.140 e. The molecule has 1 aromatic heterocycles. The van der Waals surface area contributed by atoms with Gasteiger partial charge in [-0.05, 0) is 22.0 Å². The molecule has 0 amide bonds. The summed E-state index contributed by atoms with van der Waals surface area (Å²) in [6.07, 6.45) is 3.94. The van der Waals surface area contributed by atoms with Crippen LogP contribution in [0.3, 0.4) is 0 Å². The highest BCUT2D eigenvalue weighted by molar-refractivity contribution is 9.10. The van der Waals surface area contributed by atoms with E-state index in [1.807, 2.05) is 6.07 Å². The third-order valence-corrected chi connectivity index (χ3v) is 3.03. The van der Waals surface area contributed by atoms with Gasteiger partial charge >= 0.3 is 0 Å². The van der Waals surface area contributed by atoms with Gasteiger partial charge in [0.15, 0.2) is 0 Å². The zero-order valence-electron chi connectivity index (χ0n) is 10.2. The second kappa shape index (κ2) is 7.88. The molecule has 1 aromatic rings. The van der Waals surface area contributed by atoms with Gasteiger partial charge in [-0.1, -0.05) is 5.16 Å². The van der Waals surface area contributed by atoms with Crippen LogP contribution in [0.4, 0.5) is 5.69 Å². The lowest BCUT2D eigenvalue weighted by Gasteiger charge is -2.25. The second-order valence-corrected chi connectivity index (χ2v) is 4.50. The van der Waals surface area contributed by atoms with Gasteiger partial charge in [-0.3, -0.25) is 4.98 Å². The largest absolute Gasteiger partial charge is 0.409 e. The van der Waals surface area contributed by atoms with Crippen LogP contribution in [0.2, 0.25) is 0 Å². The molecule has 1 rings (SSSR count). The van der Waals surface area contributed by atoms with Crippen LogP contribution < -0.4 is 10.6 Å². The molecule has 3 N–H and O–H groups in total. The summed E-state index contributed by atoms with van der Waals surface area (Å²) in [6.45, 7) is 1.96. The predicted molar refractivity (Wildman–Crippen MR) is 74.1 cm³/mol. The van der Waals surface area contributed by atoms with E-state index in [1.54, 1.807) is 19.5 Å². The van der Waals surface area contributed by atoms with Gasteiger partial charge in [-0.25, -0.2) is 0 Å². The van der Waals surface area contributed by atoms with Crippen LogP contribution in [0.15, 0.2) is 28.1 Å². The minimum absolute atomic E-state index is 0.211. The highest BCUT2D eigenvalue weighted by atomic mass is 79.9. The van der Waals surface area contributed by atoms with E-state index in [2.05, 4.69) is 31.0 Å². The van der Waals surface area contributed by atoms with Crippen molar-refractivity contribution >= 4 is 27.5 Å². The van der Waals surface area contributed by atoms with Crippen LogP contribution in [-0.2, 0) is 4.74 Å². The topological polar surface area (TPSA) is 84.0 Å². The number of amidine groups is 1. The van der Waals surface area contributed by atoms with Crippen LogP contribution in [0, 0.1) is 0 Å². The quantitative estimate of drug-likeness (QED) is 0.344. The van der Waals surface area contributed by atoms with Gasteiger partial charge in [0.1, 0.15) is 5.84 Å². The Morgan fingerprint density at radius 2 is 2.39 bits per heavy atom. The van der Waals surface area contributed by atoms with Crippen LogP contribution in [0.5, 0.6) is 0 Å². The first kappa shape index (κ1) is 14.7. The van der Waals surface area contributed by atoms with E-state index in [9.17, 15) is 0 Å². The molecule has 0 saturated carbocycles. The number of hydrogen-bond donors (Lipinski definition) is 2. The van der Waals surface area contributed by atoms with Crippen molar-refractivity contribution in [2.24, 2.45) is 10.9 Å². The zero-order chi connectivity index (χ0) is 13.4. The first-order chi connectivity index (χ1) is 8.69. The number of halogens is 1. The Kier molecular flexibility index (Phi) is 6.45. The minimum Gasteiger partial charge on any atom is -0.409 e. The maximum Gasteiger partial charge on any atom is 0.140 e. The molecular weight excluding hydrogens is 300 g/mol. The van der Waals surface area contributed by atoms with E-state index in [0.29, 0.717) is 19.6 Å². The minimum atomic E-state index is 0.211. The van der Waals surface area contributed by atoms with Crippen molar-refractivity contribution in [1.82, 2.24) is 4.98 Å². The van der Waals surface area contributed by atoms with Crippen LogP contribution in [0.1, 0.15) is 6.42 Å². The Labute approximate surface area is 115 Å². The normalized spacial score (nSPS) is 11.6. The third kappa shape index (κ3) is 4.50. The lowest BCUT2D eigenvalue weighted by Crippen LogP contribution is -2.31. The van der Waals surface area contributed by atoms with Gasteiger partial charge in [0.25, 0.3) is 0 Å². The summed E-state index contributed by atoms with van der Waals surface area (Å²) >= 11 is 3.46. The van der Waals surface area contributed by atoms with E-state index in [-0.39, 0.29) is 5.84 Å². The van der Waals surface area contributed by atoms with E-state index in [4.69, 9.17) is 15.7 Å². The summed E-state index contributed by atoms with van der Waals surface area (Å²) in [6, 6.07) is 1.91. The first-order valence-electron chi connectivity index (χ1n) is 5.48. The molecule has 0 saturated heterocycles. The fourth-order valence-corrected chi connectivity index (χ4v) is 1.98. The molecule has 0 spiro atoms. The van der Waals surface area contributed by atoms with Crippen molar-refractivity contribution in [2.45, 2.75) is 6.42 Å². The van der Waals surface area contributed by atoms with Crippen molar-refractivity contribution in [2.75, 3.05) is 31.7 Å². The summed E-state index contributed by atoms with van der Waals surface area (Å²) in [5.41, 5.74) is 6.49. The van der Waals surface area contributed by atoms with Crippen molar-refractivity contribution in [3.05, 3.63) is 22.9 Å². The molecule has 0 aliphatic carbocycles. The number of ether oxygens (including phenoxy) is 1. The van der Waals surface area contributed by atoms with E-state index >= 15 is 0 Å². The molecule has 0 aliphatic heterocycles. The Morgan fingerprint density at radius 3 is 3.00 bits per heavy atom. The van der Waals surface area contributed by atoms with Gasteiger partial charge < -0.3 is 20.6 Å². The highest BCUT2D eigenvalue weighted by Gasteiger charge is 2.10. The Morgan fingerprint density at radius 1 is 1.61 bits per heavy atom. The molecular formula is C11H17BrN4O2. The van der Waals surface area contributed by atoms with Crippen molar-refractivity contribution in [3.63, 3.8) is 0 Å². The number of methoxy groups -OCH3 is 1. The molecule has 18 heavy (non-hydrogen) atoms. The first-order valence-corrected chi connectivity index (χ1v) is 6.28. The molecule has 0 bridgehead atoms. The van der Waals surface area contributed by atoms with Gasteiger partial charge in [0.2, 0.25) is 0 Å². The molecule has 0 unspecified atom stereocenters. The molecule has 0 atom stereocenters. The highest BCUT2D eigenvalue weighted by Crippen LogP contribution is 2.24. The maximum atomic E-state index is 8.55. The summed E-state index contributed by atoms with van der Waals surface area (Å²) < 4.78 is 5.99. The van der Waals surface area contributed by atoms with Gasteiger partial charge in [-0.2, -0.15) is 0 Å². The fourth-order valence-electron chi connectivity index (χ4n) is 1.48. The number of oxime groups is 1. The number of nitrogens with zero attached hydrogens (tertiary/aromatic N) is 3. The van der Waals surface area contributed by atoms with E-state index in [1.165, 1.54) is 0 Å². The standard InChI is InChI=1S/C11H17BrN4O2/c1-18-7-6-16(5-3-11(13)15-17)10-2-4-14-8-9(10)12/h2,4,8,17H,3,5-7H2,1H3,(H2,13,15). The third-order valence-electron chi connectivity index (χ3n) is 2.42. The SMILES string of the molecule is COCCN(CC/C(N)=N/O)c1ccncc1Br. The average molecular weight is 317 g/mol. The molecule has 0 aromatic carbocycles. The molecule has 0 radical (unpaired) electrons. The predicted octanol–water partition coefficient (Wildman–Crippen LogP) is 1.43. The maximum absolute atomic E-state index is 8.55. The Hall–Kier alpha value is -1.34. The number of aromatic nitrogens is 1. The molecule has 7 heteroatoms. The summed E-state index contributed by atoms with van der Waals surface area (Å²) in [5, 5.41) is 11.5. The second-order valence-electron chi connectivity index (χ2n) is 3.65. The van der Waals surface area contributed by atoms with Gasteiger partial charge in [0.05, 0.1) is 16.8 Å². The number of pyridine rings is 1. The van der Waals surface area contributed by atoms with E-state index < -0.39 is 0 Å². The molecule has 1 heterocycles. The molecule has 0 fully saturated rings.